The van der Waals surface area contributed by atoms with Gasteiger partial charge in [-0.05, 0) is 24.6 Å². The number of benzene rings is 1. The molecule has 4 heteroatoms. The standard InChI is InChI=1S/C9H9F3O.C2H6/c1-5-3-7(10)6(9(11)12)4-8(5)13-2;1-2/h3-4,9H,1-2H3;1-2H3. The molecule has 15 heavy (non-hydrogen) atoms. The summed E-state index contributed by atoms with van der Waals surface area (Å²) in [5, 5.41) is 0. The normalized spacial score (nSPS) is 9.60. The summed E-state index contributed by atoms with van der Waals surface area (Å²) in [5.74, 6) is -0.620. The van der Waals surface area contributed by atoms with Crippen LogP contribution < -0.4 is 4.74 Å². The third-order valence-corrected chi connectivity index (χ3v) is 1.75. The van der Waals surface area contributed by atoms with Gasteiger partial charge in [0.05, 0.1) is 12.7 Å². The minimum Gasteiger partial charge on any atom is -0.496 e. The van der Waals surface area contributed by atoms with E-state index >= 15 is 0 Å². The minimum atomic E-state index is -2.81. The predicted molar refractivity (Wildman–Crippen MR) is 54.0 cm³/mol. The summed E-state index contributed by atoms with van der Waals surface area (Å²) in [6.07, 6.45) is -2.81. The zero-order valence-electron chi connectivity index (χ0n) is 9.27. The van der Waals surface area contributed by atoms with E-state index in [1.807, 2.05) is 13.8 Å². The molecule has 0 aromatic heterocycles. The van der Waals surface area contributed by atoms with E-state index in [4.69, 9.17) is 4.74 Å². The number of aryl methyl sites for hydroxylation is 1. The summed E-state index contributed by atoms with van der Waals surface area (Å²) in [7, 11) is 1.36. The van der Waals surface area contributed by atoms with Crippen LogP contribution in [0.15, 0.2) is 12.1 Å². The van der Waals surface area contributed by atoms with Crippen LogP contribution in [-0.4, -0.2) is 7.11 Å². The fraction of sp³-hybridized carbons (Fsp3) is 0.455. The van der Waals surface area contributed by atoms with Gasteiger partial charge in [-0.2, -0.15) is 0 Å². The number of hydrogen-bond donors (Lipinski definition) is 0. The quantitative estimate of drug-likeness (QED) is 0.728. The summed E-state index contributed by atoms with van der Waals surface area (Å²) in [6.45, 7) is 5.59. The van der Waals surface area contributed by atoms with Gasteiger partial charge in [-0.25, -0.2) is 13.2 Å². The van der Waals surface area contributed by atoms with E-state index in [2.05, 4.69) is 0 Å². The first-order valence-corrected chi connectivity index (χ1v) is 4.68. The molecule has 1 aromatic carbocycles. The fourth-order valence-corrected chi connectivity index (χ4v) is 1.06. The first-order valence-electron chi connectivity index (χ1n) is 4.68. The molecule has 1 aromatic rings. The highest BCUT2D eigenvalue weighted by Crippen LogP contribution is 2.28. The van der Waals surface area contributed by atoms with Crippen LogP contribution in [0.2, 0.25) is 0 Å². The largest absolute Gasteiger partial charge is 0.496 e. The zero-order chi connectivity index (χ0) is 12.0. The van der Waals surface area contributed by atoms with E-state index in [1.54, 1.807) is 6.92 Å². The van der Waals surface area contributed by atoms with Crippen LogP contribution in [0.3, 0.4) is 0 Å². The molecule has 0 bridgehead atoms. The highest BCUT2D eigenvalue weighted by Gasteiger charge is 2.15. The summed E-state index contributed by atoms with van der Waals surface area (Å²) in [6, 6.07) is 2.07. The van der Waals surface area contributed by atoms with Gasteiger partial charge in [0, 0.05) is 0 Å². The molecule has 1 nitrogen and oxygen atoms in total. The van der Waals surface area contributed by atoms with Crippen molar-refractivity contribution in [3.63, 3.8) is 0 Å². The van der Waals surface area contributed by atoms with Crippen LogP contribution >= 0.6 is 0 Å². The molecule has 0 radical (unpaired) electrons. The molecule has 0 saturated carbocycles. The maximum Gasteiger partial charge on any atom is 0.266 e. The molecule has 1 rings (SSSR count). The maximum atomic E-state index is 12.9. The second-order valence-corrected chi connectivity index (χ2v) is 2.64. The summed E-state index contributed by atoms with van der Waals surface area (Å²) in [4.78, 5) is 0. The fourth-order valence-electron chi connectivity index (χ4n) is 1.06. The van der Waals surface area contributed by atoms with Gasteiger partial charge in [0.15, 0.2) is 0 Å². The van der Waals surface area contributed by atoms with Crippen molar-refractivity contribution in [3.8, 4) is 5.75 Å². The van der Waals surface area contributed by atoms with E-state index in [1.165, 1.54) is 7.11 Å². The van der Waals surface area contributed by atoms with Crippen molar-refractivity contribution in [2.75, 3.05) is 7.11 Å². The van der Waals surface area contributed by atoms with Crippen LogP contribution in [0.1, 0.15) is 31.4 Å². The minimum absolute atomic E-state index is 0.275. The molecule has 0 aliphatic heterocycles. The van der Waals surface area contributed by atoms with E-state index in [9.17, 15) is 13.2 Å². The third-order valence-electron chi connectivity index (χ3n) is 1.75. The first kappa shape index (κ1) is 13.8. The molecule has 0 atom stereocenters. The van der Waals surface area contributed by atoms with Crippen molar-refractivity contribution < 1.29 is 17.9 Å². The van der Waals surface area contributed by atoms with Crippen molar-refractivity contribution >= 4 is 0 Å². The van der Waals surface area contributed by atoms with Gasteiger partial charge in [0.2, 0.25) is 0 Å². The van der Waals surface area contributed by atoms with Crippen LogP contribution in [0.25, 0.3) is 0 Å². The predicted octanol–water partition coefficient (Wildman–Crippen LogP) is 4.11. The summed E-state index contributed by atoms with van der Waals surface area (Å²) < 4.78 is 42.0. The molecule has 86 valence electrons. The Morgan fingerprint density at radius 3 is 2.13 bits per heavy atom. The molecular weight excluding hydrogens is 205 g/mol. The van der Waals surface area contributed by atoms with E-state index in [-0.39, 0.29) is 5.75 Å². The number of alkyl halides is 2. The summed E-state index contributed by atoms with van der Waals surface area (Å²) >= 11 is 0. The van der Waals surface area contributed by atoms with Crippen molar-refractivity contribution in [1.82, 2.24) is 0 Å². The lowest BCUT2D eigenvalue weighted by atomic mass is 10.1. The molecule has 0 N–H and O–H groups in total. The number of methoxy groups -OCH3 is 1. The van der Waals surface area contributed by atoms with Crippen molar-refractivity contribution in [2.24, 2.45) is 0 Å². The Hall–Kier alpha value is -1.19. The smallest absolute Gasteiger partial charge is 0.266 e. The number of rotatable bonds is 2. The first-order chi connectivity index (χ1) is 7.06. The van der Waals surface area contributed by atoms with Gasteiger partial charge in [-0.1, -0.05) is 13.8 Å². The molecule has 0 fully saturated rings. The average Bonchev–Trinajstić information content (AvgIpc) is 2.20. The third kappa shape index (κ3) is 3.46. The monoisotopic (exact) mass is 220 g/mol. The maximum absolute atomic E-state index is 12.9. The highest BCUT2D eigenvalue weighted by atomic mass is 19.3. The average molecular weight is 220 g/mol. The van der Waals surface area contributed by atoms with Gasteiger partial charge in [-0.15, -0.1) is 0 Å². The molecule has 0 aliphatic rings. The molecule has 0 spiro atoms. The van der Waals surface area contributed by atoms with Crippen LogP contribution in [0, 0.1) is 12.7 Å². The molecule has 0 saturated heterocycles. The van der Waals surface area contributed by atoms with Crippen LogP contribution in [0.4, 0.5) is 13.2 Å². The van der Waals surface area contributed by atoms with Gasteiger partial charge >= 0.3 is 0 Å². The zero-order valence-corrected chi connectivity index (χ0v) is 9.27. The molecular formula is C11H15F3O. The molecule has 0 amide bonds. The van der Waals surface area contributed by atoms with Gasteiger partial charge < -0.3 is 4.74 Å². The van der Waals surface area contributed by atoms with Crippen molar-refractivity contribution in [1.29, 1.82) is 0 Å². The lowest BCUT2D eigenvalue weighted by Crippen LogP contribution is -1.95. The van der Waals surface area contributed by atoms with Gasteiger partial charge in [0.1, 0.15) is 11.6 Å². The molecule has 0 unspecified atom stereocenters. The van der Waals surface area contributed by atoms with E-state index in [0.717, 1.165) is 12.1 Å². The van der Waals surface area contributed by atoms with E-state index < -0.39 is 17.8 Å². The van der Waals surface area contributed by atoms with Crippen molar-refractivity contribution in [2.45, 2.75) is 27.2 Å². The van der Waals surface area contributed by atoms with Gasteiger partial charge in [-0.3, -0.25) is 0 Å². The SMILES string of the molecule is CC.COc1cc(C(F)F)c(F)cc1C. The highest BCUT2D eigenvalue weighted by molar-refractivity contribution is 5.38. The van der Waals surface area contributed by atoms with E-state index in [0.29, 0.717) is 5.56 Å². The Balaban J connectivity index is 0.000000921. The molecule has 0 aliphatic carbocycles. The Labute approximate surface area is 87.9 Å². The van der Waals surface area contributed by atoms with Gasteiger partial charge in [0.25, 0.3) is 6.43 Å². The Kier molecular flexibility index (Phi) is 5.82. The Morgan fingerprint density at radius 1 is 1.20 bits per heavy atom. The lowest BCUT2D eigenvalue weighted by molar-refractivity contribution is 0.146. The lowest BCUT2D eigenvalue weighted by Gasteiger charge is -2.08. The second-order valence-electron chi connectivity index (χ2n) is 2.64. The van der Waals surface area contributed by atoms with Crippen LogP contribution in [-0.2, 0) is 0 Å². The molecule has 0 heterocycles. The Morgan fingerprint density at radius 2 is 1.73 bits per heavy atom. The van der Waals surface area contributed by atoms with Crippen molar-refractivity contribution in [3.05, 3.63) is 29.1 Å². The second kappa shape index (κ2) is 6.32. The van der Waals surface area contributed by atoms with Crippen LogP contribution in [0.5, 0.6) is 5.75 Å². The number of halogens is 3. The Bertz CT molecular complexity index is 311. The summed E-state index contributed by atoms with van der Waals surface area (Å²) in [5.41, 5.74) is -0.119. The number of ether oxygens (including phenoxy) is 1. The topological polar surface area (TPSA) is 9.23 Å². The number of hydrogen-bond acceptors (Lipinski definition) is 1.